The molecule has 1 atom stereocenters. The second-order valence-electron chi connectivity index (χ2n) is 3.65. The second-order valence-corrected chi connectivity index (χ2v) is 5.68. The van der Waals surface area contributed by atoms with Crippen LogP contribution in [-0.2, 0) is 0 Å². The van der Waals surface area contributed by atoms with Gasteiger partial charge in [-0.1, -0.05) is 12.1 Å². The standard InChI is InChI=1S/C12H14OS2/c1-14-11-4-2-9(3-5-11)12(13)10-6-7-15-8-10/h2-5,10H,6-8H2,1H3. The molecule has 1 unspecified atom stereocenters. The van der Waals surface area contributed by atoms with Crippen LogP contribution in [0, 0.1) is 5.92 Å². The SMILES string of the molecule is CSc1ccc(C(=O)C2CCSC2)cc1. The summed E-state index contributed by atoms with van der Waals surface area (Å²) in [5.41, 5.74) is 0.875. The Morgan fingerprint density at radius 1 is 1.40 bits per heavy atom. The number of ketones is 1. The molecular formula is C12H14OS2. The van der Waals surface area contributed by atoms with E-state index in [9.17, 15) is 4.79 Å². The summed E-state index contributed by atoms with van der Waals surface area (Å²) >= 11 is 3.59. The van der Waals surface area contributed by atoms with Gasteiger partial charge in [0.15, 0.2) is 5.78 Å². The highest BCUT2D eigenvalue weighted by molar-refractivity contribution is 7.99. The van der Waals surface area contributed by atoms with Gasteiger partial charge in [0.25, 0.3) is 0 Å². The fourth-order valence-electron chi connectivity index (χ4n) is 1.73. The molecule has 15 heavy (non-hydrogen) atoms. The third kappa shape index (κ3) is 2.58. The van der Waals surface area contributed by atoms with Gasteiger partial charge in [-0.3, -0.25) is 4.79 Å². The molecule has 80 valence electrons. The lowest BCUT2D eigenvalue weighted by Gasteiger charge is -2.07. The zero-order valence-electron chi connectivity index (χ0n) is 8.73. The summed E-state index contributed by atoms with van der Waals surface area (Å²) in [5, 5.41) is 0. The molecule has 3 heteroatoms. The molecule has 1 heterocycles. The molecule has 1 saturated heterocycles. The minimum Gasteiger partial charge on any atom is -0.294 e. The molecular weight excluding hydrogens is 224 g/mol. The molecule has 0 radical (unpaired) electrons. The smallest absolute Gasteiger partial charge is 0.166 e. The normalized spacial score (nSPS) is 20.5. The molecule has 1 aliphatic rings. The Bertz CT molecular complexity index is 339. The van der Waals surface area contributed by atoms with Gasteiger partial charge < -0.3 is 0 Å². The Hall–Kier alpha value is -0.410. The molecule has 0 aromatic heterocycles. The highest BCUT2D eigenvalue weighted by atomic mass is 32.2. The molecule has 1 aliphatic heterocycles. The lowest BCUT2D eigenvalue weighted by molar-refractivity contribution is 0.0933. The van der Waals surface area contributed by atoms with Crippen molar-refractivity contribution >= 4 is 29.3 Å². The van der Waals surface area contributed by atoms with Crippen LogP contribution in [0.25, 0.3) is 0 Å². The van der Waals surface area contributed by atoms with E-state index in [0.717, 1.165) is 23.5 Å². The van der Waals surface area contributed by atoms with Gasteiger partial charge in [-0.25, -0.2) is 0 Å². The van der Waals surface area contributed by atoms with Gasteiger partial charge in [-0.15, -0.1) is 11.8 Å². The minimum atomic E-state index is 0.259. The Labute approximate surface area is 99.0 Å². The van der Waals surface area contributed by atoms with E-state index in [1.165, 1.54) is 4.90 Å². The van der Waals surface area contributed by atoms with Crippen LogP contribution < -0.4 is 0 Å². The summed E-state index contributed by atoms with van der Waals surface area (Å²) in [6.45, 7) is 0. The third-order valence-electron chi connectivity index (χ3n) is 2.68. The van der Waals surface area contributed by atoms with E-state index >= 15 is 0 Å². The van der Waals surface area contributed by atoms with Gasteiger partial charge in [-0.05, 0) is 30.6 Å². The minimum absolute atomic E-state index is 0.259. The summed E-state index contributed by atoms with van der Waals surface area (Å²) in [6.07, 6.45) is 3.10. The number of rotatable bonds is 3. The van der Waals surface area contributed by atoms with Crippen molar-refractivity contribution < 1.29 is 4.79 Å². The Morgan fingerprint density at radius 3 is 2.67 bits per heavy atom. The summed E-state index contributed by atoms with van der Waals surface area (Å²) in [4.78, 5) is 13.2. The zero-order valence-corrected chi connectivity index (χ0v) is 10.4. The first-order chi connectivity index (χ1) is 7.31. The van der Waals surface area contributed by atoms with Crippen molar-refractivity contribution in [2.24, 2.45) is 5.92 Å². The molecule has 0 amide bonds. The maximum absolute atomic E-state index is 12.0. The predicted octanol–water partition coefficient (Wildman–Crippen LogP) is 3.34. The first kappa shape index (κ1) is 11.1. The van der Waals surface area contributed by atoms with Crippen molar-refractivity contribution in [1.82, 2.24) is 0 Å². The van der Waals surface area contributed by atoms with Gasteiger partial charge in [0, 0.05) is 22.1 Å². The quantitative estimate of drug-likeness (QED) is 0.594. The van der Waals surface area contributed by atoms with E-state index in [1.807, 2.05) is 42.3 Å². The monoisotopic (exact) mass is 238 g/mol. The Kier molecular flexibility index (Phi) is 3.76. The van der Waals surface area contributed by atoms with Crippen molar-refractivity contribution in [3.63, 3.8) is 0 Å². The van der Waals surface area contributed by atoms with Gasteiger partial charge >= 0.3 is 0 Å². The summed E-state index contributed by atoms with van der Waals surface area (Å²) in [5.74, 6) is 2.73. The number of thioether (sulfide) groups is 2. The van der Waals surface area contributed by atoms with Crippen molar-refractivity contribution in [1.29, 1.82) is 0 Å². The molecule has 1 aromatic carbocycles. The van der Waals surface area contributed by atoms with Crippen LogP contribution in [0.3, 0.4) is 0 Å². The fourth-order valence-corrected chi connectivity index (χ4v) is 3.36. The number of carbonyl (C=O) groups is 1. The number of hydrogen-bond acceptors (Lipinski definition) is 3. The molecule has 1 aromatic rings. The van der Waals surface area contributed by atoms with Crippen LogP contribution in [0.4, 0.5) is 0 Å². The molecule has 1 nitrogen and oxygen atoms in total. The molecule has 0 bridgehead atoms. The van der Waals surface area contributed by atoms with Crippen LogP contribution in [0.2, 0.25) is 0 Å². The van der Waals surface area contributed by atoms with Crippen LogP contribution in [0.5, 0.6) is 0 Å². The van der Waals surface area contributed by atoms with E-state index in [4.69, 9.17) is 0 Å². The summed E-state index contributed by atoms with van der Waals surface area (Å²) < 4.78 is 0. The van der Waals surface area contributed by atoms with Crippen molar-refractivity contribution in [2.75, 3.05) is 17.8 Å². The predicted molar refractivity (Wildman–Crippen MR) is 68.0 cm³/mol. The largest absolute Gasteiger partial charge is 0.294 e. The first-order valence-electron chi connectivity index (χ1n) is 5.07. The second kappa shape index (κ2) is 5.08. The molecule has 0 aliphatic carbocycles. The number of carbonyl (C=O) groups excluding carboxylic acids is 1. The fraction of sp³-hybridized carbons (Fsp3) is 0.417. The first-order valence-corrected chi connectivity index (χ1v) is 7.45. The lowest BCUT2D eigenvalue weighted by atomic mass is 9.97. The summed E-state index contributed by atoms with van der Waals surface area (Å²) in [7, 11) is 0. The maximum atomic E-state index is 12.0. The van der Waals surface area contributed by atoms with E-state index in [0.29, 0.717) is 5.78 Å². The van der Waals surface area contributed by atoms with E-state index in [1.54, 1.807) is 11.8 Å². The summed E-state index contributed by atoms with van der Waals surface area (Å²) in [6, 6.07) is 7.97. The Balaban J connectivity index is 2.11. The van der Waals surface area contributed by atoms with Crippen molar-refractivity contribution in [3.05, 3.63) is 29.8 Å². The van der Waals surface area contributed by atoms with E-state index in [2.05, 4.69) is 0 Å². The number of Topliss-reactive ketones (excluding diaryl/α,β-unsaturated/α-hetero) is 1. The molecule has 0 saturated carbocycles. The highest BCUT2D eigenvalue weighted by Crippen LogP contribution is 2.27. The van der Waals surface area contributed by atoms with E-state index in [-0.39, 0.29) is 5.92 Å². The molecule has 1 fully saturated rings. The van der Waals surface area contributed by atoms with Gasteiger partial charge in [-0.2, -0.15) is 11.8 Å². The zero-order chi connectivity index (χ0) is 10.7. The van der Waals surface area contributed by atoms with Crippen LogP contribution >= 0.6 is 23.5 Å². The maximum Gasteiger partial charge on any atom is 0.166 e. The van der Waals surface area contributed by atoms with Gasteiger partial charge in [0.05, 0.1) is 0 Å². The third-order valence-corrected chi connectivity index (χ3v) is 4.58. The van der Waals surface area contributed by atoms with E-state index < -0.39 is 0 Å². The van der Waals surface area contributed by atoms with Crippen LogP contribution in [0.1, 0.15) is 16.8 Å². The van der Waals surface area contributed by atoms with Crippen molar-refractivity contribution in [3.8, 4) is 0 Å². The lowest BCUT2D eigenvalue weighted by Crippen LogP contribution is -2.13. The number of hydrogen-bond donors (Lipinski definition) is 0. The van der Waals surface area contributed by atoms with Crippen LogP contribution in [-0.4, -0.2) is 23.5 Å². The molecule has 2 rings (SSSR count). The average Bonchev–Trinajstić information content (AvgIpc) is 2.82. The Morgan fingerprint density at radius 2 is 2.13 bits per heavy atom. The number of benzene rings is 1. The molecule has 0 N–H and O–H groups in total. The van der Waals surface area contributed by atoms with Crippen LogP contribution in [0.15, 0.2) is 29.2 Å². The highest BCUT2D eigenvalue weighted by Gasteiger charge is 2.23. The average molecular weight is 238 g/mol. The molecule has 0 spiro atoms. The van der Waals surface area contributed by atoms with Crippen molar-refractivity contribution in [2.45, 2.75) is 11.3 Å². The van der Waals surface area contributed by atoms with Gasteiger partial charge in [0.2, 0.25) is 0 Å². The van der Waals surface area contributed by atoms with Gasteiger partial charge in [0.1, 0.15) is 0 Å². The topological polar surface area (TPSA) is 17.1 Å².